The molecule has 0 spiro atoms. The van der Waals surface area contributed by atoms with Crippen molar-refractivity contribution in [1.29, 1.82) is 5.26 Å². The van der Waals surface area contributed by atoms with E-state index in [1.54, 1.807) is 0 Å². The Morgan fingerprint density at radius 3 is 1.90 bits per heavy atom. The molecule has 4 heteroatoms. The Kier molecular flexibility index (Phi) is 8.55. The summed E-state index contributed by atoms with van der Waals surface area (Å²) in [7, 11) is -0.254. The summed E-state index contributed by atoms with van der Waals surface area (Å²) in [5.41, 5.74) is 5.28. The van der Waals surface area contributed by atoms with Crippen molar-refractivity contribution >= 4 is 13.9 Å². The maximum absolute atomic E-state index is 11.7. The Balaban J connectivity index is 5.23. The van der Waals surface area contributed by atoms with E-state index in [0.29, 0.717) is 23.0 Å². The van der Waals surface area contributed by atoms with Crippen LogP contribution in [0.1, 0.15) is 54.4 Å². The van der Waals surface area contributed by atoms with E-state index in [1.807, 2.05) is 6.07 Å². The molecule has 0 saturated carbocycles. The fourth-order valence-corrected chi connectivity index (χ4v) is 8.52. The van der Waals surface area contributed by atoms with Crippen molar-refractivity contribution in [3.05, 3.63) is 0 Å². The lowest BCUT2D eigenvalue weighted by Gasteiger charge is -2.38. The molecule has 0 aliphatic heterocycles. The minimum Gasteiger partial charge on any atom is -0.373 e. The molecule has 118 valence electrons. The molecule has 0 fully saturated rings. The molecule has 3 nitrogen and oxygen atoms in total. The van der Waals surface area contributed by atoms with Crippen molar-refractivity contribution in [2.45, 2.75) is 77.1 Å². The molecule has 0 radical (unpaired) electrons. The summed E-state index contributed by atoms with van der Waals surface area (Å²) in [6.07, 6.45) is -0.297. The first-order valence-electron chi connectivity index (χ1n) is 7.66. The Hall–Kier alpha value is -1.10. The number of carbonyl (C=O) groups excluding carboxylic acids is 1. The highest BCUT2D eigenvalue weighted by atomic mass is 28.3. The summed E-state index contributed by atoms with van der Waals surface area (Å²) < 4.78 is 5.17. The standard InChI is InChI=1S/C17H29NO2Si/c1-13(2)21(14(3)4,15(5)6)12-8-9-17(20-7)16(19)10-11-18/h13-15,17H,9-10H2,1-7H3/t17-/m1/s1. The molecule has 1 atom stereocenters. The van der Waals surface area contributed by atoms with E-state index in [2.05, 4.69) is 53.0 Å². The first-order valence-corrected chi connectivity index (χ1v) is 9.89. The Morgan fingerprint density at radius 2 is 1.57 bits per heavy atom. The van der Waals surface area contributed by atoms with Gasteiger partial charge in [-0.25, -0.2) is 0 Å². The molecule has 0 N–H and O–H groups in total. The predicted octanol–water partition coefficient (Wildman–Crippen LogP) is 4.10. The number of ketones is 1. The first kappa shape index (κ1) is 19.9. The monoisotopic (exact) mass is 307 g/mol. The van der Waals surface area contributed by atoms with Gasteiger partial charge in [-0.2, -0.15) is 5.26 Å². The molecule has 0 aliphatic carbocycles. The molecule has 0 aromatic carbocycles. The quantitative estimate of drug-likeness (QED) is 0.525. The molecule has 0 aromatic heterocycles. The Bertz CT molecular complexity index is 416. The number of nitrogens with zero attached hydrogens (tertiary/aromatic N) is 1. The van der Waals surface area contributed by atoms with Gasteiger partial charge in [-0.3, -0.25) is 4.79 Å². The molecular weight excluding hydrogens is 278 g/mol. The second kappa shape index (κ2) is 9.03. The number of nitriles is 1. The van der Waals surface area contributed by atoms with Crippen LogP contribution in [0.25, 0.3) is 0 Å². The lowest BCUT2D eigenvalue weighted by atomic mass is 10.1. The van der Waals surface area contributed by atoms with Gasteiger partial charge in [0.25, 0.3) is 0 Å². The van der Waals surface area contributed by atoms with Crippen LogP contribution < -0.4 is 0 Å². The summed E-state index contributed by atoms with van der Waals surface area (Å²) in [6.45, 7) is 13.6. The van der Waals surface area contributed by atoms with Gasteiger partial charge in [-0.1, -0.05) is 41.5 Å². The van der Waals surface area contributed by atoms with E-state index < -0.39 is 14.2 Å². The minimum absolute atomic E-state index is 0.110. The molecule has 21 heavy (non-hydrogen) atoms. The molecule has 0 rings (SSSR count). The second-order valence-corrected chi connectivity index (χ2v) is 12.0. The van der Waals surface area contributed by atoms with E-state index >= 15 is 0 Å². The van der Waals surface area contributed by atoms with Crippen LogP contribution in [0.4, 0.5) is 0 Å². The van der Waals surface area contributed by atoms with E-state index in [-0.39, 0.29) is 12.2 Å². The molecule has 0 amide bonds. The average Bonchev–Trinajstić information content (AvgIpc) is 2.37. The fraction of sp³-hybridized carbons (Fsp3) is 0.765. The van der Waals surface area contributed by atoms with Crippen LogP contribution >= 0.6 is 0 Å². The van der Waals surface area contributed by atoms with Gasteiger partial charge in [0.1, 0.15) is 14.2 Å². The second-order valence-electron chi connectivity index (χ2n) is 6.43. The van der Waals surface area contributed by atoms with E-state index in [1.165, 1.54) is 7.11 Å². The Labute approximate surface area is 131 Å². The SMILES string of the molecule is CO[C@H](CC#C[Si](C(C)C)(C(C)C)C(C)C)C(=O)CC#N. The molecular formula is C17H29NO2Si. The highest BCUT2D eigenvalue weighted by Gasteiger charge is 2.41. The van der Waals surface area contributed by atoms with Gasteiger partial charge < -0.3 is 4.74 Å². The van der Waals surface area contributed by atoms with Gasteiger partial charge in [-0.15, -0.1) is 11.5 Å². The van der Waals surface area contributed by atoms with Crippen molar-refractivity contribution in [3.63, 3.8) is 0 Å². The number of methoxy groups -OCH3 is 1. The van der Waals surface area contributed by atoms with Crippen molar-refractivity contribution in [2.75, 3.05) is 7.11 Å². The highest BCUT2D eigenvalue weighted by molar-refractivity contribution is 6.90. The summed E-state index contributed by atoms with van der Waals surface area (Å²) in [5.74, 6) is 3.04. The number of rotatable bonds is 7. The molecule has 0 aliphatic rings. The third-order valence-corrected chi connectivity index (χ3v) is 10.7. The van der Waals surface area contributed by atoms with Crippen LogP contribution in [0.3, 0.4) is 0 Å². The maximum atomic E-state index is 11.7. The van der Waals surface area contributed by atoms with Crippen molar-refractivity contribution in [1.82, 2.24) is 0 Å². The van der Waals surface area contributed by atoms with Gasteiger partial charge in [0, 0.05) is 13.5 Å². The van der Waals surface area contributed by atoms with Gasteiger partial charge in [0.05, 0.1) is 12.5 Å². The molecule has 0 aromatic rings. The van der Waals surface area contributed by atoms with Gasteiger partial charge in [0.15, 0.2) is 5.78 Å². The number of hydrogen-bond acceptors (Lipinski definition) is 3. The number of ether oxygens (including phenoxy) is 1. The maximum Gasteiger partial charge on any atom is 0.176 e. The van der Waals surface area contributed by atoms with Gasteiger partial charge >= 0.3 is 0 Å². The number of Topliss-reactive ketones (excluding diaryl/α,β-unsaturated/α-hetero) is 1. The lowest BCUT2D eigenvalue weighted by molar-refractivity contribution is -0.127. The van der Waals surface area contributed by atoms with Crippen molar-refractivity contribution in [3.8, 4) is 17.5 Å². The third-order valence-electron chi connectivity index (χ3n) is 4.36. The highest BCUT2D eigenvalue weighted by Crippen LogP contribution is 2.40. The Morgan fingerprint density at radius 1 is 1.10 bits per heavy atom. The zero-order chi connectivity index (χ0) is 16.6. The third kappa shape index (κ3) is 4.99. The summed E-state index contributed by atoms with van der Waals surface area (Å²) in [4.78, 5) is 11.7. The zero-order valence-electron chi connectivity index (χ0n) is 14.5. The first-order chi connectivity index (χ1) is 9.73. The largest absolute Gasteiger partial charge is 0.373 e. The predicted molar refractivity (Wildman–Crippen MR) is 89.5 cm³/mol. The van der Waals surface area contributed by atoms with E-state index in [9.17, 15) is 4.79 Å². The average molecular weight is 308 g/mol. The van der Waals surface area contributed by atoms with Crippen LogP contribution in [0, 0.1) is 22.8 Å². The molecule has 0 unspecified atom stereocenters. The lowest BCUT2D eigenvalue weighted by Crippen LogP contribution is -2.43. The van der Waals surface area contributed by atoms with E-state index in [0.717, 1.165) is 0 Å². The molecule has 0 heterocycles. The number of carbonyl (C=O) groups is 1. The smallest absolute Gasteiger partial charge is 0.176 e. The minimum atomic E-state index is -1.75. The van der Waals surface area contributed by atoms with Crippen LogP contribution in [-0.2, 0) is 9.53 Å². The summed E-state index contributed by atoms with van der Waals surface area (Å²) in [6, 6.07) is 1.87. The summed E-state index contributed by atoms with van der Waals surface area (Å²) >= 11 is 0. The van der Waals surface area contributed by atoms with Gasteiger partial charge in [-0.05, 0) is 16.6 Å². The number of hydrogen-bond donors (Lipinski definition) is 0. The van der Waals surface area contributed by atoms with Crippen LogP contribution in [0.15, 0.2) is 0 Å². The van der Waals surface area contributed by atoms with Crippen LogP contribution in [0.2, 0.25) is 16.6 Å². The molecule has 0 bridgehead atoms. The zero-order valence-corrected chi connectivity index (χ0v) is 15.5. The topological polar surface area (TPSA) is 50.1 Å². The molecule has 0 saturated heterocycles. The van der Waals surface area contributed by atoms with Crippen molar-refractivity contribution in [2.24, 2.45) is 0 Å². The van der Waals surface area contributed by atoms with Gasteiger partial charge in [0.2, 0.25) is 0 Å². The fourth-order valence-electron chi connectivity index (χ4n) is 3.25. The van der Waals surface area contributed by atoms with Crippen LogP contribution in [-0.4, -0.2) is 27.1 Å². The normalized spacial score (nSPS) is 13.0. The van der Waals surface area contributed by atoms with Crippen LogP contribution in [0.5, 0.6) is 0 Å². The summed E-state index contributed by atoms with van der Waals surface area (Å²) in [5, 5.41) is 8.60. The van der Waals surface area contributed by atoms with Crippen molar-refractivity contribution < 1.29 is 9.53 Å². The van der Waals surface area contributed by atoms with E-state index in [4.69, 9.17) is 10.00 Å².